The van der Waals surface area contributed by atoms with Crippen LogP contribution in [0.25, 0.3) is 21.8 Å². The van der Waals surface area contributed by atoms with E-state index in [1.807, 2.05) is 77.9 Å². The molecule has 7 rings (SSSR count). The molecule has 2 N–H and O–H groups in total. The third-order valence-corrected chi connectivity index (χ3v) is 17.8. The fraction of sp³-hybridized carbons (Fsp3) is 0.182. The molecule has 2 unspecified atom stereocenters. The predicted molar refractivity (Wildman–Crippen MR) is 233 cm³/mol. The van der Waals surface area contributed by atoms with Crippen molar-refractivity contribution in [3.8, 4) is 0 Å². The zero-order valence-electron chi connectivity index (χ0n) is 32.7. The van der Waals surface area contributed by atoms with Gasteiger partial charge in [-0.2, -0.15) is 16.8 Å². The molecule has 2 atom stereocenters. The summed E-state index contributed by atoms with van der Waals surface area (Å²) < 4.78 is 102. The van der Waals surface area contributed by atoms with Gasteiger partial charge in [-0.15, -0.1) is 0 Å². The van der Waals surface area contributed by atoms with Crippen molar-refractivity contribution in [1.82, 2.24) is 9.97 Å². The molecule has 14 heteroatoms. The van der Waals surface area contributed by atoms with Crippen LogP contribution in [0.2, 0.25) is 0 Å². The quantitative estimate of drug-likeness (QED) is 0.0910. The fourth-order valence-corrected chi connectivity index (χ4v) is 14.5. The second-order valence-corrected chi connectivity index (χ2v) is 24.4. The summed E-state index contributed by atoms with van der Waals surface area (Å²) in [5.74, 6) is 0. The summed E-state index contributed by atoms with van der Waals surface area (Å²) in [5, 5.41) is 2.42. The lowest BCUT2D eigenvalue weighted by molar-refractivity contribution is 0.481. The number of aromatic nitrogens is 2. The van der Waals surface area contributed by atoms with Gasteiger partial charge in [-0.1, -0.05) is 139 Å². The minimum absolute atomic E-state index is 0.131. The summed E-state index contributed by atoms with van der Waals surface area (Å²) in [6.07, 6.45) is 0. The molecule has 2 aromatic heterocycles. The van der Waals surface area contributed by atoms with Crippen molar-refractivity contribution in [1.29, 1.82) is 0 Å². The highest BCUT2D eigenvalue weighted by Crippen LogP contribution is 2.47. The highest BCUT2D eigenvalue weighted by molar-refractivity contribution is 7.87. The maximum Gasteiger partial charge on any atom is 0.294 e. The summed E-state index contributed by atoms with van der Waals surface area (Å²) in [7, 11) is -17.4. The van der Waals surface area contributed by atoms with Crippen LogP contribution in [-0.4, -0.2) is 35.9 Å². The third-order valence-electron chi connectivity index (χ3n) is 10.2. The summed E-state index contributed by atoms with van der Waals surface area (Å²) in [6, 6.07) is 35.8. The lowest BCUT2D eigenvalue weighted by Crippen LogP contribution is -2.33. The summed E-state index contributed by atoms with van der Waals surface area (Å²) >= 11 is 0. The second kappa shape index (κ2) is 14.5. The minimum atomic E-state index is -4.67. The van der Waals surface area contributed by atoms with E-state index in [0.717, 1.165) is 11.1 Å². The highest BCUT2D eigenvalue weighted by Gasteiger charge is 2.39. The average Bonchev–Trinajstić information content (AvgIpc) is 3.18. The molecule has 10 nitrogen and oxygen atoms in total. The first kappa shape index (κ1) is 41.4. The SMILES string of the molecule is CC(C)(C)c1ccccc1P(=O)(c1cccc(S(=O)(=O)O)c1)c1ccc2ccc3ccc(P(=O)(c4cccc(S(=O)(=O)O)c4)c4ccccc4C(C)(C)C)nc3c2n1. The Morgan fingerprint density at radius 2 is 0.810 bits per heavy atom. The summed E-state index contributed by atoms with van der Waals surface area (Å²) in [6.45, 7) is 11.9. The van der Waals surface area contributed by atoms with Crippen molar-refractivity contribution < 1.29 is 35.1 Å². The van der Waals surface area contributed by atoms with Crippen molar-refractivity contribution in [3.63, 3.8) is 0 Å². The Balaban J connectivity index is 1.56. The summed E-state index contributed by atoms with van der Waals surface area (Å²) in [4.78, 5) is 9.32. The van der Waals surface area contributed by atoms with Gasteiger partial charge in [-0.05, 0) is 58.4 Å². The van der Waals surface area contributed by atoms with E-state index in [1.54, 1.807) is 60.7 Å². The molecule has 0 saturated carbocycles. The minimum Gasteiger partial charge on any atom is -0.307 e. The largest absolute Gasteiger partial charge is 0.307 e. The van der Waals surface area contributed by atoms with Crippen molar-refractivity contribution in [2.24, 2.45) is 0 Å². The van der Waals surface area contributed by atoms with Gasteiger partial charge in [0.1, 0.15) is 10.9 Å². The van der Waals surface area contributed by atoms with Gasteiger partial charge >= 0.3 is 0 Å². The Morgan fingerprint density at radius 3 is 1.16 bits per heavy atom. The molecular formula is C44H42N2O8P2S2. The molecular weight excluding hydrogens is 811 g/mol. The Hall–Kier alpha value is -4.80. The normalized spacial score (nSPS) is 14.9. The van der Waals surface area contributed by atoms with Crippen molar-refractivity contribution >= 4 is 88.4 Å². The van der Waals surface area contributed by atoms with E-state index in [2.05, 4.69) is 0 Å². The number of hydrogen-bond donors (Lipinski definition) is 2. The standard InChI is InChI=1S/C44H42N2O8P2S2/c1-43(2,3)35-17-7-9-19-37(35)55(47,31-13-11-15-33(27-31)57(49,50)51)39-25-23-29-21-22-30-24-26-40(46-42(30)41(29)45-39)56(48,32-14-12-16-34(28-32)58(52,53)54)38-20-10-8-18-36(38)44(4,5)6/h7-28H,1-6H3,(H,49,50,51)(H,52,53,54). The first-order valence-electron chi connectivity index (χ1n) is 18.3. The second-order valence-electron chi connectivity index (χ2n) is 16.2. The molecule has 0 radical (unpaired) electrons. The molecule has 298 valence electrons. The van der Waals surface area contributed by atoms with Crippen molar-refractivity contribution in [2.75, 3.05) is 0 Å². The van der Waals surface area contributed by atoms with Gasteiger partial charge < -0.3 is 9.13 Å². The highest BCUT2D eigenvalue weighted by atomic mass is 32.2. The Bertz CT molecular complexity index is 2910. The first-order valence-corrected chi connectivity index (χ1v) is 24.6. The van der Waals surface area contributed by atoms with Crippen LogP contribution >= 0.6 is 14.3 Å². The number of fused-ring (bicyclic) bond motifs is 3. The molecule has 7 aromatic rings. The number of pyridine rings is 2. The van der Waals surface area contributed by atoms with Crippen molar-refractivity contribution in [2.45, 2.75) is 62.2 Å². The van der Waals surface area contributed by atoms with E-state index in [-0.39, 0.29) is 21.5 Å². The smallest absolute Gasteiger partial charge is 0.294 e. The van der Waals surface area contributed by atoms with E-state index in [4.69, 9.17) is 9.97 Å². The van der Waals surface area contributed by atoms with Crippen LogP contribution in [-0.2, 0) is 40.2 Å². The Morgan fingerprint density at radius 1 is 0.466 bits per heavy atom. The van der Waals surface area contributed by atoms with Crippen LogP contribution in [0, 0.1) is 0 Å². The fourth-order valence-electron chi connectivity index (χ4n) is 7.33. The molecule has 0 bridgehead atoms. The number of rotatable bonds is 8. The van der Waals surface area contributed by atoms with E-state index in [0.29, 0.717) is 32.4 Å². The molecule has 0 fully saturated rings. The van der Waals surface area contributed by atoms with Gasteiger partial charge in [-0.3, -0.25) is 9.11 Å². The molecule has 0 aliphatic heterocycles. The zero-order valence-corrected chi connectivity index (χ0v) is 36.1. The Labute approximate surface area is 338 Å². The van der Waals surface area contributed by atoms with Crippen LogP contribution in [0.4, 0.5) is 0 Å². The van der Waals surface area contributed by atoms with Crippen molar-refractivity contribution in [3.05, 3.63) is 145 Å². The number of nitrogens with zero attached hydrogens (tertiary/aromatic N) is 2. The monoisotopic (exact) mass is 852 g/mol. The van der Waals surface area contributed by atoms with E-state index in [1.165, 1.54) is 36.4 Å². The Kier molecular flexibility index (Phi) is 10.3. The van der Waals surface area contributed by atoms with Gasteiger partial charge in [0.25, 0.3) is 20.2 Å². The van der Waals surface area contributed by atoms with Gasteiger partial charge in [0.15, 0.2) is 14.3 Å². The molecule has 0 aliphatic rings. The maximum absolute atomic E-state index is 16.1. The zero-order chi connectivity index (χ0) is 42.1. The lowest BCUT2D eigenvalue weighted by atomic mass is 9.87. The molecule has 5 aromatic carbocycles. The van der Waals surface area contributed by atoms with Crippen LogP contribution in [0.15, 0.2) is 143 Å². The molecule has 0 aliphatic carbocycles. The molecule has 0 amide bonds. The maximum atomic E-state index is 16.1. The van der Waals surface area contributed by atoms with Gasteiger partial charge in [0.2, 0.25) is 0 Å². The molecule has 0 spiro atoms. The average molecular weight is 853 g/mol. The van der Waals surface area contributed by atoms with E-state index >= 15 is 9.13 Å². The third kappa shape index (κ3) is 7.38. The predicted octanol–water partition coefficient (Wildman–Crippen LogP) is 7.15. The van der Waals surface area contributed by atoms with Crippen LogP contribution in [0.3, 0.4) is 0 Å². The van der Waals surface area contributed by atoms with Crippen LogP contribution in [0.5, 0.6) is 0 Å². The van der Waals surface area contributed by atoms with Crippen LogP contribution < -0.4 is 32.1 Å². The molecule has 0 saturated heterocycles. The number of hydrogen-bond acceptors (Lipinski definition) is 8. The molecule has 2 heterocycles. The van der Waals surface area contributed by atoms with E-state index in [9.17, 15) is 25.9 Å². The van der Waals surface area contributed by atoms with Gasteiger partial charge in [0, 0.05) is 32.0 Å². The lowest BCUT2D eigenvalue weighted by Gasteiger charge is -2.28. The summed E-state index contributed by atoms with van der Waals surface area (Å²) in [5.41, 5.74) is 1.44. The topological polar surface area (TPSA) is 169 Å². The first-order chi connectivity index (χ1) is 27.0. The van der Waals surface area contributed by atoms with E-state index < -0.39 is 55.1 Å². The van der Waals surface area contributed by atoms with Gasteiger partial charge in [0.05, 0.1) is 20.8 Å². The molecule has 58 heavy (non-hydrogen) atoms. The van der Waals surface area contributed by atoms with Gasteiger partial charge in [-0.25, -0.2) is 9.97 Å². The van der Waals surface area contributed by atoms with Crippen LogP contribution in [0.1, 0.15) is 52.7 Å². The number of benzene rings is 5.